The fourth-order valence-electron chi connectivity index (χ4n) is 3.01. The molecule has 1 aromatic heterocycles. The van der Waals surface area contributed by atoms with Gasteiger partial charge in [0.05, 0.1) is 0 Å². The van der Waals surface area contributed by atoms with E-state index in [-0.39, 0.29) is 18.3 Å². The van der Waals surface area contributed by atoms with Crippen LogP contribution >= 0.6 is 12.4 Å². The topological polar surface area (TPSA) is 77.0 Å². The third-order valence-corrected chi connectivity index (χ3v) is 4.17. The van der Waals surface area contributed by atoms with Crippen molar-refractivity contribution in [2.75, 3.05) is 13.1 Å². The number of amides is 1. The number of halogens is 1. The van der Waals surface area contributed by atoms with Crippen LogP contribution < -0.4 is 5.73 Å². The number of nitrogens with two attached hydrogens (primary N) is 1. The molecule has 0 aliphatic carbocycles. The van der Waals surface area contributed by atoms with Gasteiger partial charge in [0.2, 0.25) is 5.91 Å². The van der Waals surface area contributed by atoms with E-state index >= 15 is 0 Å². The molecule has 1 aromatic carbocycles. The highest BCUT2D eigenvalue weighted by Gasteiger charge is 2.28. The standard InChI is InChI=1S/C16H21N5O.ClH/c17-15(14-6-2-1-3-7-14)16(22)20-8-4-5-13(9-20)10-21-12-18-11-19-21;/h1-3,6-7,11-13,15H,4-5,8-10,17H2;1H. The van der Waals surface area contributed by atoms with Crippen molar-refractivity contribution in [2.45, 2.75) is 25.4 Å². The SMILES string of the molecule is Cl.NC(C(=O)N1CCCC(Cn2cncn2)C1)c1ccccc1. The number of aromatic nitrogens is 3. The summed E-state index contributed by atoms with van der Waals surface area (Å²) in [5.74, 6) is 0.414. The zero-order valence-corrected chi connectivity index (χ0v) is 13.7. The maximum Gasteiger partial charge on any atom is 0.244 e. The summed E-state index contributed by atoms with van der Waals surface area (Å²) in [6.07, 6.45) is 5.37. The molecule has 0 bridgehead atoms. The number of piperidine rings is 1. The van der Waals surface area contributed by atoms with Crippen molar-refractivity contribution in [3.8, 4) is 0 Å². The van der Waals surface area contributed by atoms with Gasteiger partial charge in [-0.05, 0) is 24.3 Å². The number of carbonyl (C=O) groups excluding carboxylic acids is 1. The lowest BCUT2D eigenvalue weighted by atomic mass is 9.96. The molecule has 1 aliphatic heterocycles. The number of rotatable bonds is 4. The zero-order valence-electron chi connectivity index (χ0n) is 12.9. The normalized spacial score (nSPS) is 19.0. The van der Waals surface area contributed by atoms with E-state index in [1.165, 1.54) is 6.33 Å². The third-order valence-electron chi connectivity index (χ3n) is 4.17. The van der Waals surface area contributed by atoms with Gasteiger partial charge >= 0.3 is 0 Å². The molecule has 6 nitrogen and oxygen atoms in total. The fraction of sp³-hybridized carbons (Fsp3) is 0.438. The predicted octanol–water partition coefficient (Wildman–Crippen LogP) is 1.64. The van der Waals surface area contributed by atoms with Crippen molar-refractivity contribution in [3.63, 3.8) is 0 Å². The summed E-state index contributed by atoms with van der Waals surface area (Å²) in [5.41, 5.74) is 7.00. The lowest BCUT2D eigenvalue weighted by molar-refractivity contribution is -0.134. The Labute approximate surface area is 142 Å². The molecule has 23 heavy (non-hydrogen) atoms. The van der Waals surface area contributed by atoms with E-state index in [9.17, 15) is 4.79 Å². The highest BCUT2D eigenvalue weighted by Crippen LogP contribution is 2.21. The molecule has 7 heteroatoms. The second kappa shape index (κ2) is 8.08. The molecular weight excluding hydrogens is 314 g/mol. The molecule has 3 rings (SSSR count). The summed E-state index contributed by atoms with van der Waals surface area (Å²) in [6, 6.07) is 8.97. The first-order chi connectivity index (χ1) is 10.7. The van der Waals surface area contributed by atoms with E-state index in [2.05, 4.69) is 10.1 Å². The van der Waals surface area contributed by atoms with E-state index in [0.29, 0.717) is 5.92 Å². The maximum atomic E-state index is 12.6. The van der Waals surface area contributed by atoms with E-state index in [1.807, 2.05) is 39.9 Å². The van der Waals surface area contributed by atoms with E-state index in [1.54, 1.807) is 6.33 Å². The van der Waals surface area contributed by atoms with Crippen molar-refractivity contribution in [1.29, 1.82) is 0 Å². The summed E-state index contributed by atoms with van der Waals surface area (Å²) < 4.78 is 1.83. The van der Waals surface area contributed by atoms with Gasteiger partial charge in [-0.1, -0.05) is 30.3 Å². The van der Waals surface area contributed by atoms with Gasteiger partial charge < -0.3 is 10.6 Å². The summed E-state index contributed by atoms with van der Waals surface area (Å²) in [6.45, 7) is 2.32. The average molecular weight is 336 g/mol. The summed E-state index contributed by atoms with van der Waals surface area (Å²) in [7, 11) is 0. The molecule has 2 N–H and O–H groups in total. The molecule has 2 atom stereocenters. The molecular formula is C16H22ClN5O. The Morgan fingerprint density at radius 1 is 1.35 bits per heavy atom. The number of nitrogens with zero attached hydrogens (tertiary/aromatic N) is 4. The summed E-state index contributed by atoms with van der Waals surface area (Å²) in [4.78, 5) is 18.5. The average Bonchev–Trinajstić information content (AvgIpc) is 3.07. The van der Waals surface area contributed by atoms with Gasteiger partial charge in [0.1, 0.15) is 18.7 Å². The van der Waals surface area contributed by atoms with Crippen LogP contribution in [0.3, 0.4) is 0 Å². The van der Waals surface area contributed by atoms with Crippen LogP contribution in [-0.2, 0) is 11.3 Å². The van der Waals surface area contributed by atoms with Gasteiger partial charge in [0.15, 0.2) is 0 Å². The van der Waals surface area contributed by atoms with Crippen molar-refractivity contribution < 1.29 is 4.79 Å². The molecule has 0 saturated carbocycles. The summed E-state index contributed by atoms with van der Waals surface area (Å²) in [5, 5.41) is 4.14. The Balaban J connectivity index is 0.00000192. The van der Waals surface area contributed by atoms with E-state index in [0.717, 1.165) is 38.0 Å². The van der Waals surface area contributed by atoms with Crippen molar-refractivity contribution in [3.05, 3.63) is 48.5 Å². The second-order valence-corrected chi connectivity index (χ2v) is 5.80. The van der Waals surface area contributed by atoms with Gasteiger partial charge in [-0.15, -0.1) is 12.4 Å². The lowest BCUT2D eigenvalue weighted by Crippen LogP contribution is -2.45. The van der Waals surface area contributed by atoms with Gasteiger partial charge in [-0.3, -0.25) is 9.48 Å². The molecule has 2 unspecified atom stereocenters. The second-order valence-electron chi connectivity index (χ2n) is 5.80. The molecule has 0 spiro atoms. The first-order valence-corrected chi connectivity index (χ1v) is 7.66. The van der Waals surface area contributed by atoms with Crippen LogP contribution in [0.1, 0.15) is 24.4 Å². The molecule has 1 fully saturated rings. The number of benzene rings is 1. The third kappa shape index (κ3) is 4.30. The van der Waals surface area contributed by atoms with Gasteiger partial charge in [0, 0.05) is 19.6 Å². The van der Waals surface area contributed by atoms with Crippen LogP contribution in [0.4, 0.5) is 0 Å². The first-order valence-electron chi connectivity index (χ1n) is 7.66. The van der Waals surface area contributed by atoms with Crippen LogP contribution in [0.2, 0.25) is 0 Å². The van der Waals surface area contributed by atoms with Crippen LogP contribution in [0, 0.1) is 5.92 Å². The van der Waals surface area contributed by atoms with Crippen LogP contribution in [0.25, 0.3) is 0 Å². The highest BCUT2D eigenvalue weighted by molar-refractivity contribution is 5.85. The Bertz CT molecular complexity index is 604. The fourth-order valence-corrected chi connectivity index (χ4v) is 3.01. The van der Waals surface area contributed by atoms with Crippen LogP contribution in [-0.4, -0.2) is 38.7 Å². The highest BCUT2D eigenvalue weighted by atomic mass is 35.5. The van der Waals surface area contributed by atoms with Crippen molar-refractivity contribution >= 4 is 18.3 Å². The molecule has 1 aliphatic rings. The van der Waals surface area contributed by atoms with Crippen molar-refractivity contribution in [2.24, 2.45) is 11.7 Å². The van der Waals surface area contributed by atoms with Crippen LogP contribution in [0.5, 0.6) is 0 Å². The molecule has 1 amide bonds. The molecule has 2 heterocycles. The minimum absolute atomic E-state index is 0. The van der Waals surface area contributed by atoms with Gasteiger partial charge in [0.25, 0.3) is 0 Å². The number of carbonyl (C=O) groups is 1. The number of hydrogen-bond acceptors (Lipinski definition) is 4. The van der Waals surface area contributed by atoms with Gasteiger partial charge in [-0.25, -0.2) is 4.98 Å². The predicted molar refractivity (Wildman–Crippen MR) is 89.9 cm³/mol. The van der Waals surface area contributed by atoms with Crippen molar-refractivity contribution in [1.82, 2.24) is 19.7 Å². The minimum Gasteiger partial charge on any atom is -0.341 e. The Morgan fingerprint density at radius 3 is 2.83 bits per heavy atom. The first kappa shape index (κ1) is 17.4. The van der Waals surface area contributed by atoms with E-state index < -0.39 is 6.04 Å². The molecule has 0 radical (unpaired) electrons. The molecule has 2 aromatic rings. The summed E-state index contributed by atoms with van der Waals surface area (Å²) >= 11 is 0. The quantitative estimate of drug-likeness (QED) is 0.921. The van der Waals surface area contributed by atoms with Crippen LogP contribution in [0.15, 0.2) is 43.0 Å². The number of likely N-dealkylation sites (tertiary alicyclic amines) is 1. The minimum atomic E-state index is -0.577. The van der Waals surface area contributed by atoms with Gasteiger partial charge in [-0.2, -0.15) is 5.10 Å². The zero-order chi connectivity index (χ0) is 15.4. The maximum absolute atomic E-state index is 12.6. The Hall–Kier alpha value is -1.92. The molecule has 1 saturated heterocycles. The smallest absolute Gasteiger partial charge is 0.244 e. The largest absolute Gasteiger partial charge is 0.341 e. The Morgan fingerprint density at radius 2 is 2.13 bits per heavy atom. The Kier molecular flexibility index (Phi) is 6.12. The van der Waals surface area contributed by atoms with E-state index in [4.69, 9.17) is 5.73 Å². The molecule has 124 valence electrons. The lowest BCUT2D eigenvalue weighted by Gasteiger charge is -2.34. The number of hydrogen-bond donors (Lipinski definition) is 1. The monoisotopic (exact) mass is 335 g/mol.